The minimum atomic E-state index is -1.03. The van der Waals surface area contributed by atoms with Crippen molar-refractivity contribution in [3.05, 3.63) is 59.5 Å². The molecule has 0 saturated heterocycles. The van der Waals surface area contributed by atoms with Crippen LogP contribution in [-0.4, -0.2) is 32.8 Å². The molecule has 0 radical (unpaired) electrons. The molecule has 0 aliphatic heterocycles. The third-order valence-corrected chi connectivity index (χ3v) is 3.12. The van der Waals surface area contributed by atoms with Crippen molar-refractivity contribution in [3.63, 3.8) is 0 Å². The largest absolute Gasteiger partial charge is 0.497 e. The number of nitrogens with zero attached hydrogens (tertiary/aromatic N) is 3. The number of pyridine rings is 1. The maximum Gasteiger partial charge on any atom is 0.354 e. The van der Waals surface area contributed by atoms with Crippen LogP contribution in [0.25, 0.3) is 5.65 Å². The molecule has 0 aliphatic rings. The number of aromatic nitrogens is 3. The number of carbonyl (C=O) groups is 1. The summed E-state index contributed by atoms with van der Waals surface area (Å²) < 4.78 is 6.52. The van der Waals surface area contributed by atoms with Gasteiger partial charge in [0.05, 0.1) is 7.11 Å². The van der Waals surface area contributed by atoms with E-state index in [1.165, 1.54) is 10.6 Å². The molecule has 2 heterocycles. The first-order chi connectivity index (χ1) is 10.2. The van der Waals surface area contributed by atoms with Crippen LogP contribution in [0.4, 0.5) is 0 Å². The van der Waals surface area contributed by atoms with E-state index >= 15 is 0 Å². The zero-order chi connectivity index (χ0) is 14.8. The molecule has 6 heteroatoms. The predicted molar refractivity (Wildman–Crippen MR) is 75.7 cm³/mol. The lowest BCUT2D eigenvalue weighted by molar-refractivity contribution is 0.0687. The van der Waals surface area contributed by atoms with Crippen LogP contribution in [0.3, 0.4) is 0 Å². The fourth-order valence-electron chi connectivity index (χ4n) is 2.15. The Morgan fingerprint density at radius 2 is 2.10 bits per heavy atom. The van der Waals surface area contributed by atoms with Crippen LogP contribution in [0.5, 0.6) is 5.75 Å². The number of rotatable bonds is 4. The highest BCUT2D eigenvalue weighted by Crippen LogP contribution is 2.15. The zero-order valence-electron chi connectivity index (χ0n) is 11.4. The molecule has 0 saturated carbocycles. The van der Waals surface area contributed by atoms with Gasteiger partial charge >= 0.3 is 5.97 Å². The van der Waals surface area contributed by atoms with E-state index in [9.17, 15) is 4.79 Å². The highest BCUT2D eigenvalue weighted by Gasteiger charge is 2.12. The first-order valence-corrected chi connectivity index (χ1v) is 6.38. The van der Waals surface area contributed by atoms with E-state index < -0.39 is 5.97 Å². The van der Waals surface area contributed by atoms with Crippen LogP contribution in [0.1, 0.15) is 21.9 Å². The molecule has 0 spiro atoms. The molecule has 0 atom stereocenters. The number of methoxy groups -OCH3 is 1. The van der Waals surface area contributed by atoms with Crippen molar-refractivity contribution in [3.8, 4) is 5.75 Å². The molecular formula is C15H13N3O3. The third kappa shape index (κ3) is 2.55. The maximum atomic E-state index is 11.2. The fraction of sp³-hybridized carbons (Fsp3) is 0.133. The summed E-state index contributed by atoms with van der Waals surface area (Å²) in [5.74, 6) is 0.304. The van der Waals surface area contributed by atoms with E-state index in [2.05, 4.69) is 10.1 Å². The van der Waals surface area contributed by atoms with Crippen molar-refractivity contribution in [2.75, 3.05) is 7.11 Å². The summed E-state index contributed by atoms with van der Waals surface area (Å²) in [6, 6.07) is 12.5. The van der Waals surface area contributed by atoms with Gasteiger partial charge in [-0.15, -0.1) is 0 Å². The van der Waals surface area contributed by atoms with E-state index in [1.54, 1.807) is 19.2 Å². The van der Waals surface area contributed by atoms with E-state index in [1.807, 2.05) is 24.3 Å². The Labute approximate surface area is 120 Å². The molecule has 0 bridgehead atoms. The quantitative estimate of drug-likeness (QED) is 0.792. The van der Waals surface area contributed by atoms with Gasteiger partial charge in [-0.2, -0.15) is 5.10 Å². The van der Waals surface area contributed by atoms with Crippen molar-refractivity contribution in [2.24, 2.45) is 0 Å². The molecule has 3 rings (SSSR count). The number of benzene rings is 1. The van der Waals surface area contributed by atoms with Gasteiger partial charge < -0.3 is 9.84 Å². The van der Waals surface area contributed by atoms with Crippen LogP contribution in [-0.2, 0) is 6.42 Å². The van der Waals surface area contributed by atoms with Crippen molar-refractivity contribution in [1.29, 1.82) is 0 Å². The Morgan fingerprint density at radius 3 is 2.86 bits per heavy atom. The number of hydrogen-bond donors (Lipinski definition) is 1. The van der Waals surface area contributed by atoms with Crippen molar-refractivity contribution in [1.82, 2.24) is 14.6 Å². The minimum Gasteiger partial charge on any atom is -0.497 e. The van der Waals surface area contributed by atoms with Gasteiger partial charge in [-0.25, -0.2) is 14.3 Å². The molecule has 21 heavy (non-hydrogen) atoms. The Morgan fingerprint density at radius 1 is 1.29 bits per heavy atom. The molecule has 0 amide bonds. The van der Waals surface area contributed by atoms with Crippen LogP contribution in [0.15, 0.2) is 42.5 Å². The Balaban J connectivity index is 1.98. The second-order valence-electron chi connectivity index (χ2n) is 4.54. The lowest BCUT2D eigenvalue weighted by Crippen LogP contribution is -2.05. The number of ether oxygens (including phenoxy) is 1. The molecule has 2 aromatic heterocycles. The van der Waals surface area contributed by atoms with Crippen molar-refractivity contribution in [2.45, 2.75) is 6.42 Å². The first-order valence-electron chi connectivity index (χ1n) is 6.38. The van der Waals surface area contributed by atoms with Crippen molar-refractivity contribution >= 4 is 11.6 Å². The first kappa shape index (κ1) is 13.1. The van der Waals surface area contributed by atoms with E-state index in [-0.39, 0.29) is 5.69 Å². The molecule has 6 nitrogen and oxygen atoms in total. The number of carboxylic acids is 1. The topological polar surface area (TPSA) is 76.7 Å². The SMILES string of the molecule is COc1cccc(Cc2nc3cccc(C(=O)O)n3n2)c1. The summed E-state index contributed by atoms with van der Waals surface area (Å²) in [7, 11) is 1.61. The highest BCUT2D eigenvalue weighted by molar-refractivity contribution is 5.86. The molecule has 0 aliphatic carbocycles. The van der Waals surface area contributed by atoms with Crippen LogP contribution < -0.4 is 4.74 Å². The van der Waals surface area contributed by atoms with E-state index in [4.69, 9.17) is 9.84 Å². The second kappa shape index (κ2) is 5.24. The van der Waals surface area contributed by atoms with Gasteiger partial charge in [0.25, 0.3) is 0 Å². The Bertz CT molecular complexity index is 811. The molecule has 3 aromatic rings. The van der Waals surface area contributed by atoms with Crippen molar-refractivity contribution < 1.29 is 14.6 Å². The Hall–Kier alpha value is -2.89. The number of fused-ring (bicyclic) bond motifs is 1. The van der Waals surface area contributed by atoms with E-state index in [0.717, 1.165) is 11.3 Å². The van der Waals surface area contributed by atoms with Gasteiger partial charge in [0.1, 0.15) is 5.75 Å². The monoisotopic (exact) mass is 283 g/mol. The third-order valence-electron chi connectivity index (χ3n) is 3.12. The summed E-state index contributed by atoms with van der Waals surface area (Å²) in [6.07, 6.45) is 0.512. The van der Waals surface area contributed by atoms with E-state index in [0.29, 0.717) is 17.9 Å². The molecular weight excluding hydrogens is 270 g/mol. The summed E-state index contributed by atoms with van der Waals surface area (Å²) in [5.41, 5.74) is 1.62. The van der Waals surface area contributed by atoms with Gasteiger partial charge in [-0.1, -0.05) is 18.2 Å². The average molecular weight is 283 g/mol. The lowest BCUT2D eigenvalue weighted by Gasteiger charge is -2.01. The lowest BCUT2D eigenvalue weighted by atomic mass is 10.1. The predicted octanol–water partition coefficient (Wildman–Crippen LogP) is 2.03. The summed E-state index contributed by atoms with van der Waals surface area (Å²) in [4.78, 5) is 15.5. The second-order valence-corrected chi connectivity index (χ2v) is 4.54. The average Bonchev–Trinajstić information content (AvgIpc) is 2.89. The zero-order valence-corrected chi connectivity index (χ0v) is 11.4. The van der Waals surface area contributed by atoms with Gasteiger partial charge in [-0.3, -0.25) is 0 Å². The van der Waals surface area contributed by atoms with Gasteiger partial charge in [0.15, 0.2) is 17.2 Å². The highest BCUT2D eigenvalue weighted by atomic mass is 16.5. The molecule has 0 fully saturated rings. The summed E-state index contributed by atoms with van der Waals surface area (Å²) in [5, 5.41) is 13.4. The maximum absolute atomic E-state index is 11.2. The smallest absolute Gasteiger partial charge is 0.354 e. The Kier molecular flexibility index (Phi) is 3.27. The van der Waals surface area contributed by atoms with Gasteiger partial charge in [0, 0.05) is 6.42 Å². The fourth-order valence-corrected chi connectivity index (χ4v) is 2.15. The summed E-state index contributed by atoms with van der Waals surface area (Å²) >= 11 is 0. The molecule has 0 unspecified atom stereocenters. The molecule has 106 valence electrons. The minimum absolute atomic E-state index is 0.0943. The standard InChI is InChI=1S/C15H13N3O3/c1-21-11-5-2-4-10(8-11)9-13-16-14-7-3-6-12(15(19)20)18(14)17-13/h2-8H,9H2,1H3,(H,19,20). The summed E-state index contributed by atoms with van der Waals surface area (Å²) in [6.45, 7) is 0. The molecule has 1 N–H and O–H groups in total. The number of hydrogen-bond acceptors (Lipinski definition) is 4. The van der Waals surface area contributed by atoms with Crippen LogP contribution in [0, 0.1) is 0 Å². The number of carboxylic acid groups (broad SMARTS) is 1. The normalized spacial score (nSPS) is 10.7. The molecule has 1 aromatic carbocycles. The van der Waals surface area contributed by atoms with Gasteiger partial charge in [-0.05, 0) is 29.8 Å². The van der Waals surface area contributed by atoms with Crippen LogP contribution in [0.2, 0.25) is 0 Å². The van der Waals surface area contributed by atoms with Gasteiger partial charge in [0.2, 0.25) is 0 Å². The number of aromatic carboxylic acids is 1. The van der Waals surface area contributed by atoms with Crippen LogP contribution >= 0.6 is 0 Å².